The van der Waals surface area contributed by atoms with E-state index in [1.807, 2.05) is 30.2 Å². The monoisotopic (exact) mass is 255 g/mol. The molecule has 0 aromatic carbocycles. The van der Waals surface area contributed by atoms with E-state index in [0.29, 0.717) is 0 Å². The van der Waals surface area contributed by atoms with Crippen LogP contribution in [0.1, 0.15) is 11.1 Å². The van der Waals surface area contributed by atoms with E-state index >= 15 is 0 Å². The van der Waals surface area contributed by atoms with E-state index in [-0.39, 0.29) is 0 Å². The summed E-state index contributed by atoms with van der Waals surface area (Å²) in [6.07, 6.45) is 8.79. The Labute approximate surface area is 111 Å². The SMILES string of the molecule is Cn1cc(CCNCc2c[nH]c3ncccc23)cn1. The number of aryl methyl sites for hydroxylation is 1. The van der Waals surface area contributed by atoms with Crippen LogP contribution in [0.25, 0.3) is 11.0 Å². The van der Waals surface area contributed by atoms with Crippen molar-refractivity contribution >= 4 is 11.0 Å². The second-order valence-corrected chi connectivity index (χ2v) is 4.66. The molecule has 3 rings (SSSR count). The van der Waals surface area contributed by atoms with Crippen LogP contribution in [0.4, 0.5) is 0 Å². The fraction of sp³-hybridized carbons (Fsp3) is 0.286. The molecule has 0 saturated carbocycles. The zero-order valence-corrected chi connectivity index (χ0v) is 10.9. The molecule has 3 heterocycles. The van der Waals surface area contributed by atoms with Crippen molar-refractivity contribution < 1.29 is 0 Å². The van der Waals surface area contributed by atoms with Crippen LogP contribution in [0.2, 0.25) is 0 Å². The van der Waals surface area contributed by atoms with Gasteiger partial charge < -0.3 is 10.3 Å². The van der Waals surface area contributed by atoms with Gasteiger partial charge in [0.05, 0.1) is 6.20 Å². The fourth-order valence-electron chi connectivity index (χ4n) is 2.22. The number of aromatic nitrogens is 4. The zero-order chi connectivity index (χ0) is 13.1. The average Bonchev–Trinajstić information content (AvgIpc) is 3.02. The minimum Gasteiger partial charge on any atom is -0.346 e. The molecule has 5 nitrogen and oxygen atoms in total. The molecule has 98 valence electrons. The molecule has 0 bridgehead atoms. The van der Waals surface area contributed by atoms with E-state index in [1.165, 1.54) is 16.5 Å². The number of aromatic amines is 1. The molecule has 0 radical (unpaired) electrons. The molecule has 2 N–H and O–H groups in total. The standard InChI is InChI=1S/C14H17N5/c1-19-10-11(7-18-19)4-6-15-8-12-9-17-14-13(12)3-2-5-16-14/h2-3,5,7,9-10,15H,4,6,8H2,1H3,(H,16,17). The number of rotatable bonds is 5. The maximum Gasteiger partial charge on any atom is 0.137 e. The first-order valence-corrected chi connectivity index (χ1v) is 6.42. The van der Waals surface area contributed by atoms with Gasteiger partial charge in [0.15, 0.2) is 0 Å². The summed E-state index contributed by atoms with van der Waals surface area (Å²) in [6, 6.07) is 4.06. The van der Waals surface area contributed by atoms with Crippen LogP contribution < -0.4 is 5.32 Å². The summed E-state index contributed by atoms with van der Waals surface area (Å²) >= 11 is 0. The van der Waals surface area contributed by atoms with Gasteiger partial charge in [-0.2, -0.15) is 5.10 Å². The molecule has 3 aromatic heterocycles. The minimum absolute atomic E-state index is 0.853. The first-order valence-electron chi connectivity index (χ1n) is 6.42. The Kier molecular flexibility index (Phi) is 3.29. The highest BCUT2D eigenvalue weighted by atomic mass is 15.2. The quantitative estimate of drug-likeness (QED) is 0.681. The van der Waals surface area contributed by atoms with Crippen LogP contribution in [0, 0.1) is 0 Å². The number of hydrogen-bond donors (Lipinski definition) is 2. The predicted molar refractivity (Wildman–Crippen MR) is 74.7 cm³/mol. The number of fused-ring (bicyclic) bond motifs is 1. The zero-order valence-electron chi connectivity index (χ0n) is 10.9. The number of pyridine rings is 1. The highest BCUT2D eigenvalue weighted by Crippen LogP contribution is 2.14. The van der Waals surface area contributed by atoms with Crippen molar-refractivity contribution in [1.82, 2.24) is 25.1 Å². The third kappa shape index (κ3) is 2.66. The average molecular weight is 255 g/mol. The Balaban J connectivity index is 1.55. The molecule has 0 aliphatic heterocycles. The third-order valence-electron chi connectivity index (χ3n) is 3.20. The Bertz CT molecular complexity index is 667. The molecule has 0 unspecified atom stereocenters. The lowest BCUT2D eigenvalue weighted by Gasteiger charge is -2.02. The summed E-state index contributed by atoms with van der Waals surface area (Å²) in [6.45, 7) is 1.80. The molecule has 19 heavy (non-hydrogen) atoms. The van der Waals surface area contributed by atoms with Gasteiger partial charge >= 0.3 is 0 Å². The molecule has 0 spiro atoms. The molecule has 0 amide bonds. The lowest BCUT2D eigenvalue weighted by molar-refractivity contribution is 0.689. The Morgan fingerprint density at radius 3 is 3.21 bits per heavy atom. The van der Waals surface area contributed by atoms with E-state index in [9.17, 15) is 0 Å². The van der Waals surface area contributed by atoms with E-state index in [4.69, 9.17) is 0 Å². The number of nitrogens with one attached hydrogen (secondary N) is 2. The van der Waals surface area contributed by atoms with Gasteiger partial charge in [-0.15, -0.1) is 0 Å². The van der Waals surface area contributed by atoms with Crippen molar-refractivity contribution in [1.29, 1.82) is 0 Å². The summed E-state index contributed by atoms with van der Waals surface area (Å²) in [5.41, 5.74) is 3.47. The molecule has 3 aromatic rings. The van der Waals surface area contributed by atoms with Crippen LogP contribution in [0.5, 0.6) is 0 Å². The first kappa shape index (κ1) is 11.9. The highest BCUT2D eigenvalue weighted by Gasteiger charge is 2.03. The number of H-pyrrole nitrogens is 1. The molecule has 0 atom stereocenters. The maximum absolute atomic E-state index is 4.29. The Morgan fingerprint density at radius 1 is 1.42 bits per heavy atom. The third-order valence-corrected chi connectivity index (χ3v) is 3.20. The van der Waals surface area contributed by atoms with Crippen LogP contribution in [0.3, 0.4) is 0 Å². The summed E-state index contributed by atoms with van der Waals surface area (Å²) in [5, 5.41) is 8.81. The van der Waals surface area contributed by atoms with E-state index in [1.54, 1.807) is 6.20 Å². The lowest BCUT2D eigenvalue weighted by Crippen LogP contribution is -2.16. The van der Waals surface area contributed by atoms with Crippen LogP contribution in [-0.4, -0.2) is 26.3 Å². The van der Waals surface area contributed by atoms with E-state index < -0.39 is 0 Å². The molecule has 5 heteroatoms. The summed E-state index contributed by atoms with van der Waals surface area (Å²) in [4.78, 5) is 7.47. The van der Waals surface area contributed by atoms with E-state index in [2.05, 4.69) is 32.6 Å². The van der Waals surface area contributed by atoms with Crippen molar-refractivity contribution in [2.24, 2.45) is 7.05 Å². The van der Waals surface area contributed by atoms with Crippen molar-refractivity contribution in [3.05, 3.63) is 48.0 Å². The van der Waals surface area contributed by atoms with Crippen LogP contribution in [0.15, 0.2) is 36.9 Å². The van der Waals surface area contributed by atoms with Crippen molar-refractivity contribution in [2.45, 2.75) is 13.0 Å². The molecule has 0 aliphatic rings. The smallest absolute Gasteiger partial charge is 0.137 e. The van der Waals surface area contributed by atoms with Crippen LogP contribution in [-0.2, 0) is 20.0 Å². The van der Waals surface area contributed by atoms with Gasteiger partial charge in [-0.25, -0.2) is 4.98 Å². The molecular weight excluding hydrogens is 238 g/mol. The summed E-state index contributed by atoms with van der Waals surface area (Å²) in [5.74, 6) is 0. The Hall–Kier alpha value is -2.14. The second-order valence-electron chi connectivity index (χ2n) is 4.66. The van der Waals surface area contributed by atoms with Gasteiger partial charge in [0.2, 0.25) is 0 Å². The summed E-state index contributed by atoms with van der Waals surface area (Å²) in [7, 11) is 1.94. The van der Waals surface area contributed by atoms with Crippen molar-refractivity contribution in [3.63, 3.8) is 0 Å². The van der Waals surface area contributed by atoms with Gasteiger partial charge in [-0.3, -0.25) is 4.68 Å². The summed E-state index contributed by atoms with van der Waals surface area (Å²) < 4.78 is 1.83. The largest absolute Gasteiger partial charge is 0.346 e. The van der Waals surface area contributed by atoms with Crippen LogP contribution >= 0.6 is 0 Å². The second kappa shape index (κ2) is 5.24. The van der Waals surface area contributed by atoms with Crippen molar-refractivity contribution in [2.75, 3.05) is 6.54 Å². The maximum atomic E-state index is 4.29. The van der Waals surface area contributed by atoms with Gasteiger partial charge in [-0.1, -0.05) is 0 Å². The normalized spacial score (nSPS) is 11.2. The number of nitrogens with zero attached hydrogens (tertiary/aromatic N) is 3. The molecular formula is C14H17N5. The molecule has 0 saturated heterocycles. The first-order chi connectivity index (χ1) is 9.33. The van der Waals surface area contributed by atoms with Crippen molar-refractivity contribution in [3.8, 4) is 0 Å². The highest BCUT2D eigenvalue weighted by molar-refractivity contribution is 5.79. The molecule has 0 aliphatic carbocycles. The van der Waals surface area contributed by atoms with Gasteiger partial charge in [-0.05, 0) is 36.2 Å². The van der Waals surface area contributed by atoms with Gasteiger partial charge in [0, 0.05) is 37.6 Å². The van der Waals surface area contributed by atoms with Gasteiger partial charge in [0.25, 0.3) is 0 Å². The van der Waals surface area contributed by atoms with Gasteiger partial charge in [0.1, 0.15) is 5.65 Å². The topological polar surface area (TPSA) is 58.5 Å². The predicted octanol–water partition coefficient (Wildman–Crippen LogP) is 1.63. The minimum atomic E-state index is 0.853. The Morgan fingerprint density at radius 2 is 2.37 bits per heavy atom. The fourth-order valence-corrected chi connectivity index (χ4v) is 2.22. The lowest BCUT2D eigenvalue weighted by atomic mass is 10.2. The molecule has 0 fully saturated rings. The number of hydrogen-bond acceptors (Lipinski definition) is 3. The van der Waals surface area contributed by atoms with E-state index in [0.717, 1.165) is 25.2 Å².